The summed E-state index contributed by atoms with van der Waals surface area (Å²) in [5, 5.41) is 35.6. The molecule has 8 nitrogen and oxygen atoms in total. The van der Waals surface area contributed by atoms with Gasteiger partial charge in [0.1, 0.15) is 0 Å². The number of carbonyl (C=O) groups is 4. The average Bonchev–Trinajstić information content (AvgIpc) is 1.76. The zero-order valence-electron chi connectivity index (χ0n) is 10.7. The summed E-state index contributed by atoms with van der Waals surface area (Å²) in [4.78, 5) is 35.6. The second-order valence-corrected chi connectivity index (χ2v) is 1.97. The van der Waals surface area contributed by atoms with E-state index in [4.69, 9.17) is 39.6 Å². The molecule has 0 fully saturated rings. The number of aliphatic carboxylic acids is 4. The van der Waals surface area contributed by atoms with Gasteiger partial charge in [-0.15, -0.1) is 0 Å². The van der Waals surface area contributed by atoms with E-state index >= 15 is 0 Å². The van der Waals surface area contributed by atoms with E-state index in [1.54, 1.807) is 0 Å². The fourth-order valence-electron chi connectivity index (χ4n) is 0. The molecule has 0 aliphatic rings. The van der Waals surface area contributed by atoms with Crippen LogP contribution in [0.25, 0.3) is 0 Å². The molecule has 0 aromatic rings. The summed E-state index contributed by atoms with van der Waals surface area (Å²) in [6.07, 6.45) is 0. The van der Waals surface area contributed by atoms with Gasteiger partial charge >= 0.3 is 46.1 Å². The van der Waals surface area contributed by atoms with Crippen LogP contribution in [0, 0.1) is 0 Å². The Bertz CT molecular complexity index is 165. The molecule has 0 saturated carbocycles. The molecule has 0 rings (SSSR count). The number of hydrogen-bond acceptors (Lipinski definition) is 8. The van der Waals surface area contributed by atoms with Crippen molar-refractivity contribution in [3.8, 4) is 0 Å². The van der Waals surface area contributed by atoms with Crippen LogP contribution in [0.4, 0.5) is 0 Å². The van der Waals surface area contributed by atoms with Crippen molar-refractivity contribution in [1.29, 1.82) is 0 Å². The van der Waals surface area contributed by atoms with E-state index in [2.05, 4.69) is 0 Å². The van der Waals surface area contributed by atoms with Crippen LogP contribution in [0.5, 0.6) is 0 Å². The molecule has 0 bridgehead atoms. The van der Waals surface area contributed by atoms with Crippen molar-refractivity contribution in [3.05, 3.63) is 0 Å². The maximum atomic E-state index is 8.89. The first-order chi connectivity index (χ1) is 6.93. The zero-order valence-corrected chi connectivity index (χ0v) is 13.5. The Hall–Kier alpha value is -0.588. The first-order valence-corrected chi connectivity index (χ1v) is 3.63. The molecule has 96 valence electrons. The largest absolute Gasteiger partial charge is 2.00 e. The van der Waals surface area contributed by atoms with Gasteiger partial charge < -0.3 is 39.6 Å². The third-order valence-electron chi connectivity index (χ3n) is 0. The van der Waals surface area contributed by atoms with E-state index in [1.807, 2.05) is 0 Å². The summed E-state index contributed by atoms with van der Waals surface area (Å²) < 4.78 is 0. The van der Waals surface area contributed by atoms with E-state index in [-0.39, 0.29) is 46.1 Å². The van der Waals surface area contributed by atoms with Crippen LogP contribution >= 0.6 is 0 Å². The standard InChI is InChI=1S/4C2H4O2.2Mg/c4*1-2(3)4;;/h4*1H3,(H,3,4);;/q;;;;2*+2/p-4. The maximum absolute atomic E-state index is 8.89. The fraction of sp³-hybridized carbons (Fsp3) is 0.500. The number of carbonyl (C=O) groups excluding carboxylic acids is 4. The van der Waals surface area contributed by atoms with Crippen LogP contribution in [-0.2, 0) is 19.2 Å². The minimum Gasteiger partial charge on any atom is -0.550 e. The van der Waals surface area contributed by atoms with Gasteiger partial charge in [0, 0.05) is 23.9 Å². The first kappa shape index (κ1) is 36.0. The molecule has 0 unspecified atom stereocenters. The van der Waals surface area contributed by atoms with Crippen LogP contribution in [0.3, 0.4) is 0 Å². The topological polar surface area (TPSA) is 161 Å². The number of hydrogen-bond donors (Lipinski definition) is 0. The van der Waals surface area contributed by atoms with Gasteiger partial charge in [-0.1, -0.05) is 0 Å². The van der Waals surface area contributed by atoms with Crippen molar-refractivity contribution >= 4 is 70.0 Å². The smallest absolute Gasteiger partial charge is 0.550 e. The van der Waals surface area contributed by atoms with Crippen molar-refractivity contribution in [2.45, 2.75) is 27.7 Å². The minimum atomic E-state index is -1.08. The number of carboxylic acids is 4. The van der Waals surface area contributed by atoms with E-state index in [9.17, 15) is 0 Å². The predicted octanol–water partition coefficient (Wildman–Crippen LogP) is -5.74. The third-order valence-corrected chi connectivity index (χ3v) is 0. The minimum absolute atomic E-state index is 0. The van der Waals surface area contributed by atoms with Crippen molar-refractivity contribution in [3.63, 3.8) is 0 Å². The van der Waals surface area contributed by atoms with E-state index in [0.29, 0.717) is 0 Å². The normalized spacial score (nSPS) is 5.56. The Morgan fingerprint density at radius 3 is 0.500 bits per heavy atom. The van der Waals surface area contributed by atoms with E-state index in [0.717, 1.165) is 27.7 Å². The molecule has 0 N–H and O–H groups in total. The molecule has 0 aromatic heterocycles. The Morgan fingerprint density at radius 1 is 0.500 bits per heavy atom. The zero-order chi connectivity index (χ0) is 14.3. The molecule has 0 heterocycles. The van der Waals surface area contributed by atoms with E-state index in [1.165, 1.54) is 0 Å². The molecule has 0 aliphatic carbocycles. The molecule has 18 heavy (non-hydrogen) atoms. The monoisotopic (exact) mass is 284 g/mol. The SMILES string of the molecule is CC(=O)[O-].CC(=O)[O-].CC(=O)[O-].CC(=O)[O-].[Mg+2].[Mg+2]. The second-order valence-electron chi connectivity index (χ2n) is 1.97. The Balaban J connectivity index is -0.0000000257. The van der Waals surface area contributed by atoms with Crippen LogP contribution < -0.4 is 20.4 Å². The molecule has 0 aromatic carbocycles. The fourth-order valence-corrected chi connectivity index (χ4v) is 0. The molecule has 0 aliphatic heterocycles. The van der Waals surface area contributed by atoms with Gasteiger partial charge in [0.2, 0.25) is 0 Å². The first-order valence-electron chi connectivity index (χ1n) is 3.63. The molecular weight excluding hydrogens is 273 g/mol. The Morgan fingerprint density at radius 2 is 0.500 bits per heavy atom. The number of rotatable bonds is 0. The van der Waals surface area contributed by atoms with Crippen LogP contribution in [0.15, 0.2) is 0 Å². The Labute approximate surface area is 137 Å². The molecule has 0 radical (unpaired) electrons. The Kier molecular flexibility index (Phi) is 59.9. The average molecular weight is 285 g/mol. The third kappa shape index (κ3) is 9270. The van der Waals surface area contributed by atoms with Gasteiger partial charge in [-0.3, -0.25) is 0 Å². The summed E-state index contributed by atoms with van der Waals surface area (Å²) in [7, 11) is 0. The quantitative estimate of drug-likeness (QED) is 0.397. The van der Waals surface area contributed by atoms with Crippen LogP contribution in [-0.4, -0.2) is 70.0 Å². The molecule has 0 saturated heterocycles. The summed E-state index contributed by atoms with van der Waals surface area (Å²) in [5.74, 6) is -4.33. The maximum Gasteiger partial charge on any atom is 2.00 e. The summed E-state index contributed by atoms with van der Waals surface area (Å²) >= 11 is 0. The molecule has 0 spiro atoms. The van der Waals surface area contributed by atoms with Gasteiger partial charge in [-0.25, -0.2) is 0 Å². The van der Waals surface area contributed by atoms with Gasteiger partial charge in [0.05, 0.1) is 0 Å². The number of carboxylic acid groups (broad SMARTS) is 4. The summed E-state index contributed by atoms with van der Waals surface area (Å²) in [5.41, 5.74) is 0. The summed E-state index contributed by atoms with van der Waals surface area (Å²) in [6.45, 7) is 3.89. The van der Waals surface area contributed by atoms with Gasteiger partial charge in [-0.05, 0) is 27.7 Å². The second kappa shape index (κ2) is 29.9. The molecular formula is C8H12Mg2O8. The summed E-state index contributed by atoms with van der Waals surface area (Å²) in [6, 6.07) is 0. The molecule has 0 atom stereocenters. The molecule has 10 heteroatoms. The van der Waals surface area contributed by atoms with Gasteiger partial charge in [0.15, 0.2) is 0 Å². The van der Waals surface area contributed by atoms with Gasteiger partial charge in [0.25, 0.3) is 0 Å². The van der Waals surface area contributed by atoms with Crippen molar-refractivity contribution < 1.29 is 39.6 Å². The van der Waals surface area contributed by atoms with Crippen molar-refractivity contribution in [2.24, 2.45) is 0 Å². The van der Waals surface area contributed by atoms with Crippen molar-refractivity contribution in [2.75, 3.05) is 0 Å². The van der Waals surface area contributed by atoms with Crippen molar-refractivity contribution in [1.82, 2.24) is 0 Å². The van der Waals surface area contributed by atoms with E-state index < -0.39 is 23.9 Å². The van der Waals surface area contributed by atoms with Gasteiger partial charge in [-0.2, -0.15) is 0 Å². The predicted molar refractivity (Wildman–Crippen MR) is 54.2 cm³/mol. The molecule has 0 amide bonds. The van der Waals surface area contributed by atoms with Crippen LogP contribution in [0.1, 0.15) is 27.7 Å². The van der Waals surface area contributed by atoms with Crippen LogP contribution in [0.2, 0.25) is 0 Å².